The van der Waals surface area contributed by atoms with Gasteiger partial charge in [-0.3, -0.25) is 4.40 Å². The number of fused-ring (bicyclic) bond motifs is 8. The van der Waals surface area contributed by atoms with Crippen LogP contribution in [0.25, 0.3) is 28.0 Å². The maximum absolute atomic E-state index is 14.7. The molecule has 3 aliphatic heterocycles. The second-order valence-corrected chi connectivity index (χ2v) is 14.7. The summed E-state index contributed by atoms with van der Waals surface area (Å²) in [5, 5.41) is 10.9. The lowest BCUT2D eigenvalue weighted by atomic mass is 9.92. The van der Waals surface area contributed by atoms with Crippen molar-refractivity contribution in [2.45, 2.75) is 84.7 Å². The topological polar surface area (TPSA) is 94.8 Å². The number of carbonyl (C=O) groups is 1. The van der Waals surface area contributed by atoms with Gasteiger partial charge >= 0.3 is 5.97 Å². The van der Waals surface area contributed by atoms with Gasteiger partial charge in [-0.25, -0.2) is 14.2 Å². The number of nitrogens with zero attached hydrogens (tertiary/aromatic N) is 3. The molecule has 5 heterocycles. The Morgan fingerprint density at radius 3 is 2.51 bits per heavy atom. The second kappa shape index (κ2) is 13.5. The lowest BCUT2D eigenvalue weighted by Gasteiger charge is -2.42. The van der Waals surface area contributed by atoms with Gasteiger partial charge in [-0.05, 0) is 102 Å². The first-order valence-corrected chi connectivity index (χ1v) is 17.2. The number of hydrogen-bond donors (Lipinski definition) is 1. The van der Waals surface area contributed by atoms with E-state index in [2.05, 4.69) is 11.8 Å². The number of carboxylic acids is 1. The summed E-state index contributed by atoms with van der Waals surface area (Å²) < 4.78 is 41.4. The van der Waals surface area contributed by atoms with Crippen molar-refractivity contribution < 1.29 is 33.2 Å². The number of aryl methyl sites for hydroxylation is 1. The van der Waals surface area contributed by atoms with E-state index in [1.807, 2.05) is 70.2 Å². The van der Waals surface area contributed by atoms with E-state index in [0.717, 1.165) is 22.3 Å². The lowest BCUT2D eigenvalue weighted by molar-refractivity contribution is -0.160. The average molecular weight is 694 g/mol. The number of benzene rings is 2. The Labute approximate surface area is 291 Å². The highest BCUT2D eigenvalue weighted by Gasteiger charge is 2.38. The Balaban J connectivity index is 1.60. The Kier molecular flexibility index (Phi) is 9.71. The van der Waals surface area contributed by atoms with E-state index >= 15 is 0 Å². The zero-order valence-corrected chi connectivity index (χ0v) is 30.0. The fourth-order valence-electron chi connectivity index (χ4n) is 6.75. The molecule has 2 aromatic heterocycles. The van der Waals surface area contributed by atoms with Crippen molar-refractivity contribution in [3.63, 3.8) is 0 Å². The minimum Gasteiger partial charge on any atom is -0.488 e. The average Bonchev–Trinajstić information content (AvgIpc) is 3.39. The summed E-state index contributed by atoms with van der Waals surface area (Å²) in [6.07, 6.45) is -0.149. The van der Waals surface area contributed by atoms with Gasteiger partial charge in [-0.1, -0.05) is 29.8 Å². The van der Waals surface area contributed by atoms with Crippen LogP contribution in [0, 0.1) is 19.7 Å². The van der Waals surface area contributed by atoms with Crippen LogP contribution in [0.15, 0.2) is 42.5 Å². The summed E-state index contributed by atoms with van der Waals surface area (Å²) >= 11 is 7.35. The van der Waals surface area contributed by atoms with Gasteiger partial charge in [0.05, 0.1) is 31.0 Å². The van der Waals surface area contributed by atoms with Gasteiger partial charge < -0.3 is 29.0 Å². The molecule has 7 rings (SSSR count). The van der Waals surface area contributed by atoms with Crippen LogP contribution in [0.2, 0.25) is 5.15 Å². The van der Waals surface area contributed by atoms with Crippen molar-refractivity contribution in [1.82, 2.24) is 9.38 Å². The molecule has 2 aromatic carbocycles. The third-order valence-corrected chi connectivity index (χ3v) is 9.75. The molecule has 262 valence electrons. The predicted octanol–water partition coefficient (Wildman–Crippen LogP) is 8.19. The molecule has 0 spiro atoms. The van der Waals surface area contributed by atoms with Gasteiger partial charge in [-0.2, -0.15) is 0 Å². The van der Waals surface area contributed by atoms with E-state index in [-0.39, 0.29) is 11.9 Å². The number of halogens is 2. The number of imidazole rings is 1. The molecule has 4 aromatic rings. The third kappa shape index (κ3) is 7.15. The summed E-state index contributed by atoms with van der Waals surface area (Å²) in [5.41, 5.74) is 4.15. The highest BCUT2D eigenvalue weighted by molar-refractivity contribution is 6.32. The highest BCUT2D eigenvalue weighted by Crippen LogP contribution is 2.44. The fraction of sp³-hybridized carbons (Fsp3) is 0.474. The molecule has 0 aliphatic carbocycles. The van der Waals surface area contributed by atoms with Crippen molar-refractivity contribution in [1.29, 1.82) is 0 Å². The Bertz CT molecular complexity index is 1880. The zero-order valence-electron chi connectivity index (χ0n) is 29.2. The largest absolute Gasteiger partial charge is 0.488 e. The fourth-order valence-corrected chi connectivity index (χ4v) is 7.06. The predicted molar refractivity (Wildman–Crippen MR) is 188 cm³/mol. The smallest absolute Gasteiger partial charge is 0.337 e. The Morgan fingerprint density at radius 2 is 1.82 bits per heavy atom. The number of ether oxygens (including phenoxy) is 4. The standard InChI is InChI=1S/C38H45ClFN3O6/c1-22-21-46-17-18-47-38(7)13-15-42(16-14-38)35-30(32(36(44)45)49-37(4,5)6)23(2)24(3)34-41-31(33(39)43(34)35)26-10-8-9-25(19-26)28-20-27(40)11-12-29(28)48-22/h8-12,19-20,22,32H,13-18,21H2,1-7H3,(H,44,45)/t22-,32-/m0/s1. The molecular weight excluding hydrogens is 649 g/mol. The van der Waals surface area contributed by atoms with E-state index < -0.39 is 23.3 Å². The number of anilines is 1. The normalized spacial score (nSPS) is 21.0. The third-order valence-electron chi connectivity index (χ3n) is 9.40. The molecule has 2 atom stereocenters. The van der Waals surface area contributed by atoms with Crippen LogP contribution in [0.3, 0.4) is 0 Å². The number of aromatic nitrogens is 2. The van der Waals surface area contributed by atoms with Crippen LogP contribution >= 0.6 is 11.6 Å². The minimum absolute atomic E-state index is 0.291. The van der Waals surface area contributed by atoms with E-state index in [9.17, 15) is 14.3 Å². The first kappa shape index (κ1) is 35.1. The minimum atomic E-state index is -1.26. The molecule has 0 unspecified atom stereocenters. The maximum Gasteiger partial charge on any atom is 0.337 e. The van der Waals surface area contributed by atoms with Gasteiger partial charge in [0.25, 0.3) is 0 Å². The molecule has 0 radical (unpaired) electrons. The van der Waals surface area contributed by atoms with Crippen LogP contribution in [0.5, 0.6) is 5.75 Å². The van der Waals surface area contributed by atoms with Crippen LogP contribution in [0.1, 0.15) is 70.3 Å². The molecule has 0 amide bonds. The summed E-state index contributed by atoms with van der Waals surface area (Å²) in [5.74, 6) is -0.308. The van der Waals surface area contributed by atoms with E-state index in [1.54, 1.807) is 6.07 Å². The molecule has 9 nitrogen and oxygen atoms in total. The Hall–Kier alpha value is -3.70. The van der Waals surface area contributed by atoms with Crippen LogP contribution in [-0.2, 0) is 19.0 Å². The summed E-state index contributed by atoms with van der Waals surface area (Å²) in [6.45, 7) is 15.7. The first-order chi connectivity index (χ1) is 23.2. The Morgan fingerprint density at radius 1 is 1.10 bits per heavy atom. The molecule has 6 bridgehead atoms. The summed E-state index contributed by atoms with van der Waals surface area (Å²) in [4.78, 5) is 20.3. The van der Waals surface area contributed by atoms with Crippen LogP contribution in [0.4, 0.5) is 10.2 Å². The lowest BCUT2D eigenvalue weighted by Crippen LogP contribution is -2.46. The molecule has 1 saturated heterocycles. The second-order valence-electron chi connectivity index (χ2n) is 14.4. The van der Waals surface area contributed by atoms with E-state index in [4.69, 9.17) is 35.5 Å². The van der Waals surface area contributed by atoms with Gasteiger partial charge in [0, 0.05) is 29.8 Å². The number of carboxylic acid groups (broad SMARTS) is 1. The van der Waals surface area contributed by atoms with E-state index in [1.165, 1.54) is 12.1 Å². The molecule has 0 saturated carbocycles. The highest BCUT2D eigenvalue weighted by atomic mass is 35.5. The van der Waals surface area contributed by atoms with E-state index in [0.29, 0.717) is 84.9 Å². The first-order valence-electron chi connectivity index (χ1n) is 16.8. The molecule has 3 aliphatic rings. The number of hydrogen-bond acceptors (Lipinski definition) is 7. The quantitative estimate of drug-likeness (QED) is 0.215. The molecule has 11 heteroatoms. The molecule has 1 fully saturated rings. The van der Waals surface area contributed by atoms with Gasteiger partial charge in [0.15, 0.2) is 6.10 Å². The number of piperidine rings is 1. The summed E-state index contributed by atoms with van der Waals surface area (Å²) in [6, 6.07) is 12.1. The monoisotopic (exact) mass is 693 g/mol. The number of rotatable bonds is 3. The summed E-state index contributed by atoms with van der Waals surface area (Å²) in [7, 11) is 0. The van der Waals surface area contributed by atoms with Gasteiger partial charge in [0.1, 0.15) is 40.0 Å². The van der Waals surface area contributed by atoms with Crippen molar-refractivity contribution in [3.05, 3.63) is 70.1 Å². The number of aliphatic carboxylic acids is 1. The van der Waals surface area contributed by atoms with Crippen molar-refractivity contribution in [2.75, 3.05) is 37.8 Å². The van der Waals surface area contributed by atoms with Gasteiger partial charge in [-0.15, -0.1) is 0 Å². The maximum atomic E-state index is 14.7. The SMILES string of the molecule is Cc1c([C@H](OC(C)(C)C)C(=O)O)c2n3c(Cl)c(nc3c1C)-c1cccc(c1)-c1cc(F)ccc1O[C@@H](C)COCCOC1(C)CCN2CC1. The van der Waals surface area contributed by atoms with Crippen LogP contribution in [-0.4, -0.2) is 70.7 Å². The molecule has 1 N–H and O–H groups in total. The molecular formula is C38H45ClFN3O6. The zero-order chi connectivity index (χ0) is 35.2. The van der Waals surface area contributed by atoms with Crippen molar-refractivity contribution >= 4 is 29.0 Å². The van der Waals surface area contributed by atoms with Crippen molar-refractivity contribution in [3.8, 4) is 28.1 Å². The van der Waals surface area contributed by atoms with Crippen LogP contribution < -0.4 is 9.64 Å². The number of pyridine rings is 1. The molecule has 49 heavy (non-hydrogen) atoms. The van der Waals surface area contributed by atoms with Gasteiger partial charge in [0.2, 0.25) is 0 Å². The van der Waals surface area contributed by atoms with Crippen molar-refractivity contribution in [2.24, 2.45) is 0 Å².